The van der Waals surface area contributed by atoms with Gasteiger partial charge in [-0.15, -0.1) is 12.3 Å². The SMILES string of the molecule is C#CCC.C1=COCCC1.CCC#Cc1ccc(Cl)cc1O.CCC#Cc1ccc(Cl)cc1OC1CCCCO1.CCC#Cc1ccc(Cl)cc1OCc1ncccc1Br.CS(=O)(=O)OCc1ncccc1Br.Clc1ccc(I)c(OC2CCCCO2)c1.Oc1cc(Cl)ccc1I.[3H][P+](P)=S. The molecule has 2 saturated heterocycles. The molecule has 0 bridgehead atoms. The number of aromatic nitrogens is 2. The summed E-state index contributed by atoms with van der Waals surface area (Å²) >= 11 is 44.4. The lowest BCUT2D eigenvalue weighted by Gasteiger charge is -2.24. The summed E-state index contributed by atoms with van der Waals surface area (Å²) in [4.78, 5) is 8.21. The van der Waals surface area contributed by atoms with Gasteiger partial charge in [-0.25, -0.2) is 0 Å². The maximum Gasteiger partial charge on any atom is 0.355 e. The van der Waals surface area contributed by atoms with Gasteiger partial charge in [-0.2, -0.15) is 8.42 Å². The molecule has 4 unspecified atom stereocenters. The third-order valence-electron chi connectivity index (χ3n) is 12.1. The number of hydrogen-bond acceptors (Lipinski definition) is 14. The smallest absolute Gasteiger partial charge is 0.355 e. The van der Waals surface area contributed by atoms with Crippen molar-refractivity contribution >= 4 is 173 Å². The van der Waals surface area contributed by atoms with E-state index in [0.29, 0.717) is 48.7 Å². The monoisotopic (exact) mass is 1890 g/mol. The van der Waals surface area contributed by atoms with E-state index < -0.39 is 17.1 Å². The Labute approximate surface area is 670 Å². The Morgan fingerprint density at radius 1 is 0.630 bits per heavy atom. The molecule has 3 aliphatic rings. The van der Waals surface area contributed by atoms with Gasteiger partial charge in [-0.3, -0.25) is 14.2 Å². The summed E-state index contributed by atoms with van der Waals surface area (Å²) in [6.45, 7) is 9.86. The third-order valence-corrected chi connectivity index (χ3v) is 17.1. The van der Waals surface area contributed by atoms with Gasteiger partial charge in [0.2, 0.25) is 0 Å². The normalized spacial score (nSPS) is 13.8. The lowest BCUT2D eigenvalue weighted by Crippen LogP contribution is -2.25. The van der Waals surface area contributed by atoms with Crippen LogP contribution in [0.15, 0.2) is 149 Å². The van der Waals surface area contributed by atoms with E-state index in [9.17, 15) is 13.5 Å². The molecule has 13 nitrogen and oxygen atoms in total. The number of phenols is 2. The molecule has 100 heavy (non-hydrogen) atoms. The summed E-state index contributed by atoms with van der Waals surface area (Å²) in [5.41, 5.74) is 3.73. The number of halogens is 9. The number of rotatable bonds is 10. The maximum absolute atomic E-state index is 10.7. The zero-order chi connectivity index (χ0) is 74.8. The van der Waals surface area contributed by atoms with E-state index >= 15 is 0 Å². The third kappa shape index (κ3) is 43.2. The van der Waals surface area contributed by atoms with E-state index in [2.05, 4.69) is 131 Å². The number of aromatic hydroxyl groups is 2. The van der Waals surface area contributed by atoms with Gasteiger partial charge in [-0.05, 0) is 225 Å². The van der Waals surface area contributed by atoms with Gasteiger partial charge < -0.3 is 38.6 Å². The van der Waals surface area contributed by atoms with Gasteiger partial charge in [0, 0.05) is 97.1 Å². The molecule has 0 radical (unpaired) electrons. The van der Waals surface area contributed by atoms with Crippen molar-refractivity contribution in [2.24, 2.45) is 0 Å². The van der Waals surface area contributed by atoms with Gasteiger partial charge in [0.1, 0.15) is 42.0 Å². The van der Waals surface area contributed by atoms with Crippen molar-refractivity contribution < 1.29 is 51.2 Å². The summed E-state index contributed by atoms with van der Waals surface area (Å²) in [5, 5.41) is 21.4. The van der Waals surface area contributed by atoms with E-state index in [1.807, 2.05) is 111 Å². The average molecular weight is 1890 g/mol. The minimum absolute atomic E-state index is 0.0414. The summed E-state index contributed by atoms with van der Waals surface area (Å²) in [7, 11) is -1.20. The first kappa shape index (κ1) is 90.0. The van der Waals surface area contributed by atoms with Gasteiger partial charge in [0.05, 0.1) is 76.5 Å². The molecule has 7 aromatic rings. The molecule has 2 aromatic heterocycles. The van der Waals surface area contributed by atoms with Crippen LogP contribution in [0.2, 0.25) is 25.1 Å². The van der Waals surface area contributed by atoms with Crippen molar-refractivity contribution in [1.29, 1.82) is 1.28 Å². The molecule has 2 N–H and O–H groups in total. The number of allylic oxidation sites excluding steroid dienone is 1. The predicted molar refractivity (Wildman–Crippen MR) is 443 cm³/mol. The van der Waals surface area contributed by atoms with Crippen LogP contribution in [0.25, 0.3) is 0 Å². The summed E-state index contributed by atoms with van der Waals surface area (Å²) < 4.78 is 69.2. The summed E-state index contributed by atoms with van der Waals surface area (Å²) in [5.74, 6) is 23.0. The van der Waals surface area contributed by atoms with Crippen LogP contribution in [0.5, 0.6) is 28.7 Å². The Kier molecular flexibility index (Phi) is 50.6. The number of pyridine rings is 2. The zero-order valence-corrected chi connectivity index (χ0v) is 70.7. The van der Waals surface area contributed by atoms with E-state index in [0.717, 1.165) is 128 Å². The maximum atomic E-state index is 10.7. The van der Waals surface area contributed by atoms with Gasteiger partial charge in [0.25, 0.3) is 10.1 Å². The molecule has 10 rings (SSSR count). The number of benzene rings is 5. The van der Waals surface area contributed by atoms with Crippen LogP contribution >= 0.6 is 151 Å². The van der Waals surface area contributed by atoms with Gasteiger partial charge >= 0.3 is 1.28 Å². The van der Waals surface area contributed by atoms with Crippen LogP contribution in [0.4, 0.5) is 0 Å². The second kappa shape index (κ2) is 56.2. The second-order valence-corrected chi connectivity index (χ2v) is 30.7. The second-order valence-electron chi connectivity index (χ2n) is 20.1. The molecule has 0 aliphatic carbocycles. The highest BCUT2D eigenvalue weighted by atomic mass is 127. The van der Waals surface area contributed by atoms with Crippen LogP contribution in [0.1, 0.15) is 133 Å². The molecule has 26 heteroatoms. The number of phenolic OH excluding ortho intramolecular Hbond substituents is 2. The van der Waals surface area contributed by atoms with Crippen molar-refractivity contribution in [3.8, 4) is 76.6 Å². The number of ether oxygens (including phenoxy) is 6. The van der Waals surface area contributed by atoms with E-state index in [1.165, 1.54) is 31.4 Å². The minimum Gasteiger partial charge on any atom is -0.507 e. The quantitative estimate of drug-likeness (QED) is 0.0575. The Morgan fingerprint density at radius 3 is 1.46 bits per heavy atom. The standard InChI is InChI=1S/C16H13BrClNO.C15H17ClO2.C11H12ClIO2.C10H9ClO.C7H8BrNO3S.C6H4ClIO.C5H8O.C4H6.H2P2S/c1-2-3-5-12-7-8-13(18)10-16(12)20-11-15-14(17)6-4-9-19-15;1-2-3-6-12-8-9-13(16)11-14(12)18-15-7-4-5-10-17-15;12-8-4-5-9(13)10(7-8)15-11-3-1-2-6-14-11;1-2-3-4-8-5-6-9(11)7-10(8)12;1-13(10,11)12-5-7-6(8)3-2-4-9-7;7-4-1-2-5(8)6(9)3-4;1-2-4-6-5-3-1;1-3-4-2;1-2-3/h4,6-10H,2,11H2,1H3;8-9,11,15H,2,4-5,7,10H2,1H3;4-5,7,11H,1-3,6H2;5-7,12H,2H2,1H3;2-4H,5H2,1H3;1-3,9H;2,4H,1,3,5H2;1H,4H2,2H3;1H2/p+1/i/hT. The van der Waals surface area contributed by atoms with Crippen LogP contribution in [0, 0.1) is 55.0 Å². The first-order valence-electron chi connectivity index (χ1n) is 31.5. The van der Waals surface area contributed by atoms with Crippen molar-refractivity contribution in [3.63, 3.8) is 0 Å². The average Bonchev–Trinajstić information content (AvgIpc) is 0.874. The molecule has 5 aromatic carbocycles. The first-order valence-corrected chi connectivity index (χ1v) is 42.1. The summed E-state index contributed by atoms with van der Waals surface area (Å²) in [6, 6.07) is 33.9. The van der Waals surface area contributed by atoms with Gasteiger partial charge in [0.15, 0.2) is 31.4 Å². The molecule has 2 fully saturated rings. The summed E-state index contributed by atoms with van der Waals surface area (Å²) in [6.07, 6.45) is 24.7. The fraction of sp³-hybridized carbons (Fsp3) is 0.324. The van der Waals surface area contributed by atoms with Crippen LogP contribution in [0.3, 0.4) is 0 Å². The van der Waals surface area contributed by atoms with Crippen molar-refractivity contribution in [2.45, 2.75) is 131 Å². The van der Waals surface area contributed by atoms with Crippen molar-refractivity contribution in [3.05, 3.63) is 209 Å². The number of terminal acetylenes is 1. The highest BCUT2D eigenvalue weighted by molar-refractivity contribution is 14.1. The Bertz CT molecular complexity index is 4020. The van der Waals surface area contributed by atoms with Crippen LogP contribution < -0.4 is 14.2 Å². The minimum atomic E-state index is -3.40. The zero-order valence-electron chi connectivity index (χ0n) is 56.7. The topological polar surface area (TPSA) is 165 Å². The molecule has 3 aliphatic heterocycles. The first-order chi connectivity index (χ1) is 48.3. The lowest BCUT2D eigenvalue weighted by molar-refractivity contribution is -0.106. The lowest BCUT2D eigenvalue weighted by atomic mass is 10.2. The predicted octanol–water partition coefficient (Wildman–Crippen LogP) is 22.7. The van der Waals surface area contributed by atoms with Crippen molar-refractivity contribution in [1.82, 2.24) is 9.97 Å². The fourth-order valence-corrected chi connectivity index (χ4v) is 10.1. The van der Waals surface area contributed by atoms with E-state index in [-0.39, 0.29) is 30.7 Å². The molecule has 4 atom stereocenters. The molecular weight excluding hydrogens is 1810 g/mol. The largest absolute Gasteiger partial charge is 0.507 e. The highest BCUT2D eigenvalue weighted by Crippen LogP contribution is 2.30. The fourth-order valence-electron chi connectivity index (χ4n) is 7.37. The molecule has 0 amide bonds. The molecule has 536 valence electrons. The molecule has 5 heterocycles. The number of nitrogens with zero attached hydrogens (tertiary/aromatic N) is 2. The molecule has 0 saturated carbocycles. The number of hydrogen-bond donors (Lipinski definition) is 2. The molecular formula is C74H80Br2Cl5I2N2O11P2S2+. The molecule has 0 spiro atoms. The van der Waals surface area contributed by atoms with Crippen LogP contribution in [-0.2, 0) is 53.5 Å². The van der Waals surface area contributed by atoms with Crippen molar-refractivity contribution in [2.75, 3.05) is 26.1 Å². The van der Waals surface area contributed by atoms with Crippen LogP contribution in [-0.4, -0.2) is 68.5 Å². The Balaban J connectivity index is 0.000000401. The highest BCUT2D eigenvalue weighted by Gasteiger charge is 2.18. The Morgan fingerprint density at radius 2 is 1.06 bits per heavy atom. The van der Waals surface area contributed by atoms with E-state index in [1.54, 1.807) is 67.2 Å². The van der Waals surface area contributed by atoms with Gasteiger partial charge in [-0.1, -0.05) is 121 Å². The van der Waals surface area contributed by atoms with E-state index in [4.69, 9.17) is 99.2 Å². The Hall–Kier alpha value is -4.17.